The number of nitrogens with two attached hydrogens (primary N) is 1. The molecule has 0 aliphatic rings. The molecule has 18 heavy (non-hydrogen) atoms. The van der Waals surface area contributed by atoms with Crippen LogP contribution in [0, 0.1) is 0 Å². The van der Waals surface area contributed by atoms with Crippen LogP contribution in [-0.2, 0) is 0 Å². The van der Waals surface area contributed by atoms with Gasteiger partial charge in [0.2, 0.25) is 0 Å². The molecular weight excluding hydrogens is 316 g/mol. The van der Waals surface area contributed by atoms with Crippen LogP contribution in [-0.4, -0.2) is 7.11 Å². The predicted molar refractivity (Wildman–Crippen MR) is 79.8 cm³/mol. The lowest BCUT2D eigenvalue weighted by atomic mass is 10.2. The molecule has 0 saturated heterocycles. The van der Waals surface area contributed by atoms with E-state index in [0.717, 1.165) is 21.6 Å². The molecule has 0 aromatic heterocycles. The average molecular weight is 328 g/mol. The number of anilines is 3. The van der Waals surface area contributed by atoms with Gasteiger partial charge in [0, 0.05) is 10.5 Å². The number of benzene rings is 2. The van der Waals surface area contributed by atoms with Gasteiger partial charge in [0.15, 0.2) is 0 Å². The van der Waals surface area contributed by atoms with Crippen LogP contribution in [0.3, 0.4) is 0 Å². The Kier molecular flexibility index (Phi) is 3.99. The van der Waals surface area contributed by atoms with Crippen LogP contribution in [0.2, 0.25) is 5.02 Å². The van der Waals surface area contributed by atoms with Gasteiger partial charge in [-0.05, 0) is 30.3 Å². The highest BCUT2D eigenvalue weighted by molar-refractivity contribution is 9.10. The molecule has 2 rings (SSSR count). The normalized spacial score (nSPS) is 10.2. The number of methoxy groups -OCH3 is 1. The van der Waals surface area contributed by atoms with Gasteiger partial charge in [-0.3, -0.25) is 0 Å². The average Bonchev–Trinajstić information content (AvgIpc) is 2.35. The quantitative estimate of drug-likeness (QED) is 0.819. The van der Waals surface area contributed by atoms with E-state index < -0.39 is 0 Å². The Labute approximate surface area is 119 Å². The SMILES string of the molecule is COc1ccc(N)c(Nc2ccc(Br)cc2Cl)c1. The van der Waals surface area contributed by atoms with E-state index in [2.05, 4.69) is 21.2 Å². The van der Waals surface area contributed by atoms with Crippen molar-refractivity contribution in [2.45, 2.75) is 0 Å². The molecule has 0 aliphatic carbocycles. The molecule has 0 radical (unpaired) electrons. The van der Waals surface area contributed by atoms with Crippen molar-refractivity contribution in [1.82, 2.24) is 0 Å². The molecule has 0 amide bonds. The van der Waals surface area contributed by atoms with E-state index in [4.69, 9.17) is 22.1 Å². The van der Waals surface area contributed by atoms with Crippen molar-refractivity contribution in [3.8, 4) is 5.75 Å². The standard InChI is InChI=1S/C13H12BrClN2O/c1-18-9-3-4-11(16)13(7-9)17-12-5-2-8(14)6-10(12)15/h2-7,17H,16H2,1H3. The molecule has 94 valence electrons. The Morgan fingerprint density at radius 1 is 1.17 bits per heavy atom. The number of halogens is 2. The minimum absolute atomic E-state index is 0.617. The summed E-state index contributed by atoms with van der Waals surface area (Å²) in [5, 5.41) is 3.80. The molecular formula is C13H12BrClN2O. The monoisotopic (exact) mass is 326 g/mol. The highest BCUT2D eigenvalue weighted by Gasteiger charge is 2.05. The van der Waals surface area contributed by atoms with Crippen molar-refractivity contribution < 1.29 is 4.74 Å². The minimum Gasteiger partial charge on any atom is -0.497 e. The predicted octanol–water partition coefficient (Wildman–Crippen LogP) is 4.44. The van der Waals surface area contributed by atoms with Gasteiger partial charge >= 0.3 is 0 Å². The second-order valence-electron chi connectivity index (χ2n) is 3.70. The van der Waals surface area contributed by atoms with Crippen LogP contribution in [0.5, 0.6) is 5.75 Å². The summed E-state index contributed by atoms with van der Waals surface area (Å²) in [6, 6.07) is 11.0. The summed E-state index contributed by atoms with van der Waals surface area (Å²) >= 11 is 9.50. The fraction of sp³-hybridized carbons (Fsp3) is 0.0769. The van der Waals surface area contributed by atoms with Crippen molar-refractivity contribution in [1.29, 1.82) is 0 Å². The van der Waals surface area contributed by atoms with Crippen molar-refractivity contribution >= 4 is 44.6 Å². The lowest BCUT2D eigenvalue weighted by Crippen LogP contribution is -1.97. The summed E-state index contributed by atoms with van der Waals surface area (Å²) in [7, 11) is 1.61. The third kappa shape index (κ3) is 2.89. The van der Waals surface area contributed by atoms with Crippen molar-refractivity contribution in [2.24, 2.45) is 0 Å². The molecule has 3 N–H and O–H groups in total. The molecule has 0 fully saturated rings. The van der Waals surface area contributed by atoms with Crippen LogP contribution >= 0.6 is 27.5 Å². The second kappa shape index (κ2) is 5.50. The molecule has 0 heterocycles. The number of hydrogen-bond donors (Lipinski definition) is 2. The number of hydrogen-bond acceptors (Lipinski definition) is 3. The molecule has 0 bridgehead atoms. The second-order valence-corrected chi connectivity index (χ2v) is 5.03. The van der Waals surface area contributed by atoms with Crippen LogP contribution in [0.25, 0.3) is 0 Å². The number of rotatable bonds is 3. The maximum atomic E-state index is 6.14. The summed E-state index contributed by atoms with van der Waals surface area (Å²) in [6.07, 6.45) is 0. The maximum absolute atomic E-state index is 6.14. The first-order valence-electron chi connectivity index (χ1n) is 5.26. The van der Waals surface area contributed by atoms with Gasteiger partial charge in [0.1, 0.15) is 5.75 Å². The van der Waals surface area contributed by atoms with Gasteiger partial charge in [-0.25, -0.2) is 0 Å². The van der Waals surface area contributed by atoms with Crippen molar-refractivity contribution in [2.75, 3.05) is 18.2 Å². The van der Waals surface area contributed by atoms with E-state index in [1.165, 1.54) is 0 Å². The third-order valence-electron chi connectivity index (χ3n) is 2.46. The zero-order chi connectivity index (χ0) is 13.1. The number of nitrogen functional groups attached to an aromatic ring is 1. The largest absolute Gasteiger partial charge is 0.497 e. The van der Waals surface area contributed by atoms with Gasteiger partial charge in [-0.2, -0.15) is 0 Å². The van der Waals surface area contributed by atoms with Crippen LogP contribution in [0.4, 0.5) is 17.1 Å². The molecule has 2 aromatic carbocycles. The summed E-state index contributed by atoms with van der Waals surface area (Å²) in [6.45, 7) is 0. The smallest absolute Gasteiger partial charge is 0.121 e. The van der Waals surface area contributed by atoms with Crippen LogP contribution < -0.4 is 15.8 Å². The lowest BCUT2D eigenvalue weighted by Gasteiger charge is -2.12. The Bertz CT molecular complexity index is 575. The Balaban J connectivity index is 2.33. The van der Waals surface area contributed by atoms with Crippen molar-refractivity contribution in [3.63, 3.8) is 0 Å². The van der Waals surface area contributed by atoms with Gasteiger partial charge in [0.25, 0.3) is 0 Å². The summed E-state index contributed by atoms with van der Waals surface area (Å²) in [4.78, 5) is 0. The first kappa shape index (κ1) is 13.1. The van der Waals surface area contributed by atoms with Gasteiger partial charge in [-0.15, -0.1) is 0 Å². The van der Waals surface area contributed by atoms with Crippen LogP contribution in [0.15, 0.2) is 40.9 Å². The molecule has 0 spiro atoms. The maximum Gasteiger partial charge on any atom is 0.121 e. The van der Waals surface area contributed by atoms with E-state index in [0.29, 0.717) is 10.7 Å². The summed E-state index contributed by atoms with van der Waals surface area (Å²) < 4.78 is 6.09. The highest BCUT2D eigenvalue weighted by atomic mass is 79.9. The first-order valence-corrected chi connectivity index (χ1v) is 6.43. The Morgan fingerprint density at radius 3 is 2.61 bits per heavy atom. The summed E-state index contributed by atoms with van der Waals surface area (Å²) in [5.74, 6) is 0.736. The van der Waals surface area contributed by atoms with E-state index in [-0.39, 0.29) is 0 Å². The van der Waals surface area contributed by atoms with E-state index in [9.17, 15) is 0 Å². The fourth-order valence-electron chi connectivity index (χ4n) is 1.51. The molecule has 2 aromatic rings. The highest BCUT2D eigenvalue weighted by Crippen LogP contribution is 2.32. The van der Waals surface area contributed by atoms with Crippen molar-refractivity contribution in [3.05, 3.63) is 45.9 Å². The van der Waals surface area contributed by atoms with E-state index >= 15 is 0 Å². The minimum atomic E-state index is 0.617. The molecule has 0 atom stereocenters. The molecule has 0 unspecified atom stereocenters. The van der Waals surface area contributed by atoms with E-state index in [1.54, 1.807) is 13.2 Å². The number of nitrogens with one attached hydrogen (secondary N) is 1. The third-order valence-corrected chi connectivity index (χ3v) is 3.27. The number of ether oxygens (including phenoxy) is 1. The fourth-order valence-corrected chi connectivity index (χ4v) is 2.23. The molecule has 0 saturated carbocycles. The molecule has 0 aliphatic heterocycles. The van der Waals surface area contributed by atoms with Gasteiger partial charge in [0.05, 0.1) is 29.2 Å². The van der Waals surface area contributed by atoms with Gasteiger partial charge in [-0.1, -0.05) is 27.5 Å². The first-order chi connectivity index (χ1) is 8.60. The molecule has 5 heteroatoms. The zero-order valence-corrected chi connectivity index (χ0v) is 12.0. The Morgan fingerprint density at radius 2 is 1.94 bits per heavy atom. The lowest BCUT2D eigenvalue weighted by molar-refractivity contribution is 0.415. The topological polar surface area (TPSA) is 47.3 Å². The Hall–Kier alpha value is -1.39. The molecule has 3 nitrogen and oxygen atoms in total. The van der Waals surface area contributed by atoms with E-state index in [1.807, 2.05) is 30.3 Å². The summed E-state index contributed by atoms with van der Waals surface area (Å²) in [5.41, 5.74) is 8.09. The van der Waals surface area contributed by atoms with Gasteiger partial charge < -0.3 is 15.8 Å². The zero-order valence-electron chi connectivity index (χ0n) is 9.71. The van der Waals surface area contributed by atoms with Crippen LogP contribution in [0.1, 0.15) is 0 Å².